The number of fused-ring (bicyclic) bond motifs is 1. The molecule has 1 aliphatic rings. The van der Waals surface area contributed by atoms with Crippen molar-refractivity contribution >= 4 is 22.7 Å². The molecule has 0 bridgehead atoms. The number of ether oxygens (including phenoxy) is 1. The van der Waals surface area contributed by atoms with Gasteiger partial charge in [0, 0.05) is 25.1 Å². The maximum Gasteiger partial charge on any atom is 0.225 e. The predicted molar refractivity (Wildman–Crippen MR) is 85.7 cm³/mol. The van der Waals surface area contributed by atoms with Crippen molar-refractivity contribution in [3.8, 4) is 0 Å². The molecule has 5 nitrogen and oxygen atoms in total. The number of benzene rings is 1. The van der Waals surface area contributed by atoms with Gasteiger partial charge in [0.05, 0.1) is 11.6 Å². The van der Waals surface area contributed by atoms with E-state index in [0.717, 1.165) is 42.7 Å². The summed E-state index contributed by atoms with van der Waals surface area (Å²) >= 11 is 0. The minimum absolute atomic E-state index is 0.281. The van der Waals surface area contributed by atoms with E-state index in [4.69, 9.17) is 4.74 Å². The molecule has 1 aromatic carbocycles. The zero-order chi connectivity index (χ0) is 14.5. The van der Waals surface area contributed by atoms with Gasteiger partial charge in [-0.15, -0.1) is 6.58 Å². The van der Waals surface area contributed by atoms with Crippen molar-refractivity contribution in [2.45, 2.75) is 18.9 Å². The maximum absolute atomic E-state index is 5.65. The van der Waals surface area contributed by atoms with Gasteiger partial charge in [-0.05, 0) is 25.0 Å². The lowest BCUT2D eigenvalue weighted by atomic mass is 10.2. The van der Waals surface area contributed by atoms with Crippen LogP contribution in [-0.2, 0) is 4.74 Å². The molecule has 0 radical (unpaired) electrons. The van der Waals surface area contributed by atoms with Crippen molar-refractivity contribution in [3.63, 3.8) is 0 Å². The van der Waals surface area contributed by atoms with Crippen LogP contribution >= 0.6 is 0 Å². The molecule has 0 amide bonds. The molecule has 0 aliphatic carbocycles. The third kappa shape index (κ3) is 3.31. The molecule has 1 aromatic heterocycles. The number of hydrogen-bond acceptors (Lipinski definition) is 5. The Balaban J connectivity index is 1.84. The summed E-state index contributed by atoms with van der Waals surface area (Å²) in [7, 11) is 0. The minimum Gasteiger partial charge on any atom is -0.376 e. The molecule has 0 spiro atoms. The highest BCUT2D eigenvalue weighted by atomic mass is 16.5. The van der Waals surface area contributed by atoms with Gasteiger partial charge in [0.2, 0.25) is 5.95 Å². The molecule has 2 N–H and O–H groups in total. The number of hydrogen-bond donors (Lipinski definition) is 2. The quantitative estimate of drug-likeness (QED) is 0.799. The Hall–Kier alpha value is -2.14. The van der Waals surface area contributed by atoms with E-state index in [2.05, 4.69) is 27.2 Å². The van der Waals surface area contributed by atoms with E-state index in [0.29, 0.717) is 12.5 Å². The third-order valence-electron chi connectivity index (χ3n) is 3.53. The second-order valence-electron chi connectivity index (χ2n) is 5.10. The summed E-state index contributed by atoms with van der Waals surface area (Å²) < 4.78 is 5.65. The Labute approximate surface area is 124 Å². The van der Waals surface area contributed by atoms with E-state index in [-0.39, 0.29) is 6.10 Å². The first-order valence-corrected chi connectivity index (χ1v) is 7.34. The number of para-hydroxylation sites is 1. The van der Waals surface area contributed by atoms with Gasteiger partial charge in [-0.2, -0.15) is 4.98 Å². The summed E-state index contributed by atoms with van der Waals surface area (Å²) in [5.74, 6) is 1.46. The Kier molecular flexibility index (Phi) is 4.31. The lowest BCUT2D eigenvalue weighted by Crippen LogP contribution is -2.19. The average molecular weight is 284 g/mol. The molecule has 1 aliphatic heterocycles. The fraction of sp³-hybridized carbons (Fsp3) is 0.375. The van der Waals surface area contributed by atoms with Crippen LogP contribution in [0.2, 0.25) is 0 Å². The third-order valence-corrected chi connectivity index (χ3v) is 3.53. The van der Waals surface area contributed by atoms with Crippen LogP contribution in [0.25, 0.3) is 10.9 Å². The van der Waals surface area contributed by atoms with Crippen molar-refractivity contribution in [3.05, 3.63) is 36.9 Å². The minimum atomic E-state index is 0.281. The van der Waals surface area contributed by atoms with Gasteiger partial charge in [-0.25, -0.2) is 4.98 Å². The smallest absolute Gasteiger partial charge is 0.225 e. The second kappa shape index (κ2) is 6.54. The Morgan fingerprint density at radius 3 is 3.00 bits per heavy atom. The summed E-state index contributed by atoms with van der Waals surface area (Å²) in [6, 6.07) is 8.01. The summed E-state index contributed by atoms with van der Waals surface area (Å²) in [4.78, 5) is 9.07. The number of anilines is 2. The Bertz CT molecular complexity index is 623. The van der Waals surface area contributed by atoms with Crippen LogP contribution in [0.4, 0.5) is 11.8 Å². The van der Waals surface area contributed by atoms with Crippen LogP contribution in [0, 0.1) is 0 Å². The molecule has 3 rings (SSSR count). The fourth-order valence-electron chi connectivity index (χ4n) is 2.47. The second-order valence-corrected chi connectivity index (χ2v) is 5.10. The number of nitrogens with one attached hydrogen (secondary N) is 2. The summed E-state index contributed by atoms with van der Waals surface area (Å²) in [5, 5.41) is 7.58. The molecule has 1 atom stereocenters. The van der Waals surface area contributed by atoms with Gasteiger partial charge in [0.1, 0.15) is 5.82 Å². The highest BCUT2D eigenvalue weighted by Gasteiger charge is 2.16. The molecule has 0 saturated carbocycles. The predicted octanol–water partition coefficient (Wildman–Crippen LogP) is 2.82. The van der Waals surface area contributed by atoms with E-state index < -0.39 is 0 Å². The molecule has 2 aromatic rings. The van der Waals surface area contributed by atoms with Crippen molar-refractivity contribution in [1.29, 1.82) is 0 Å². The van der Waals surface area contributed by atoms with E-state index >= 15 is 0 Å². The number of aromatic nitrogens is 2. The standard InChI is InChI=1S/C16H20N4O/c1-2-9-17-16-19-14-8-4-3-7-13(14)15(20-16)18-11-12-6-5-10-21-12/h2-4,7-8,12H,1,5-6,9-11H2,(H2,17,18,19,20). The van der Waals surface area contributed by atoms with Gasteiger partial charge in [-0.3, -0.25) is 0 Å². The molecular weight excluding hydrogens is 264 g/mol. The van der Waals surface area contributed by atoms with Crippen LogP contribution in [0.15, 0.2) is 36.9 Å². The molecule has 1 unspecified atom stereocenters. The number of nitrogens with zero attached hydrogens (tertiary/aromatic N) is 2. The molecule has 1 saturated heterocycles. The van der Waals surface area contributed by atoms with Gasteiger partial charge in [0.15, 0.2) is 0 Å². The largest absolute Gasteiger partial charge is 0.376 e. The zero-order valence-corrected chi connectivity index (χ0v) is 12.0. The molecule has 110 valence electrons. The van der Waals surface area contributed by atoms with Gasteiger partial charge in [0.25, 0.3) is 0 Å². The van der Waals surface area contributed by atoms with Crippen LogP contribution in [0.5, 0.6) is 0 Å². The topological polar surface area (TPSA) is 59.1 Å². The average Bonchev–Trinajstić information content (AvgIpc) is 3.04. The summed E-state index contributed by atoms with van der Waals surface area (Å²) in [6.07, 6.45) is 4.32. The summed E-state index contributed by atoms with van der Waals surface area (Å²) in [6.45, 7) is 5.99. The zero-order valence-electron chi connectivity index (χ0n) is 12.0. The molecule has 5 heteroatoms. The lowest BCUT2D eigenvalue weighted by molar-refractivity contribution is 0.120. The van der Waals surface area contributed by atoms with E-state index in [1.165, 1.54) is 0 Å². The van der Waals surface area contributed by atoms with Crippen molar-refractivity contribution in [1.82, 2.24) is 9.97 Å². The van der Waals surface area contributed by atoms with Crippen LogP contribution in [0.1, 0.15) is 12.8 Å². The molecule has 21 heavy (non-hydrogen) atoms. The van der Waals surface area contributed by atoms with E-state index in [1.54, 1.807) is 6.08 Å². The molecule has 2 heterocycles. The SMILES string of the molecule is C=CCNc1nc(NCC2CCCO2)c2ccccc2n1. The van der Waals surface area contributed by atoms with Crippen LogP contribution in [0.3, 0.4) is 0 Å². The number of rotatable bonds is 6. The highest BCUT2D eigenvalue weighted by Crippen LogP contribution is 2.22. The van der Waals surface area contributed by atoms with Gasteiger partial charge >= 0.3 is 0 Å². The fourth-order valence-corrected chi connectivity index (χ4v) is 2.47. The molecular formula is C16H20N4O. The van der Waals surface area contributed by atoms with Crippen LogP contribution < -0.4 is 10.6 Å². The monoisotopic (exact) mass is 284 g/mol. The van der Waals surface area contributed by atoms with E-state index in [1.807, 2.05) is 24.3 Å². The first-order valence-electron chi connectivity index (χ1n) is 7.34. The van der Waals surface area contributed by atoms with Crippen molar-refractivity contribution in [2.75, 3.05) is 30.3 Å². The molecule has 1 fully saturated rings. The summed E-state index contributed by atoms with van der Waals surface area (Å²) in [5.41, 5.74) is 0.925. The van der Waals surface area contributed by atoms with Crippen LogP contribution in [-0.4, -0.2) is 35.8 Å². The van der Waals surface area contributed by atoms with Crippen molar-refractivity contribution < 1.29 is 4.74 Å². The Morgan fingerprint density at radius 1 is 1.29 bits per heavy atom. The van der Waals surface area contributed by atoms with Gasteiger partial charge < -0.3 is 15.4 Å². The van der Waals surface area contributed by atoms with Gasteiger partial charge in [-0.1, -0.05) is 18.2 Å². The normalized spacial score (nSPS) is 17.8. The van der Waals surface area contributed by atoms with Crippen molar-refractivity contribution in [2.24, 2.45) is 0 Å². The Morgan fingerprint density at radius 2 is 2.19 bits per heavy atom. The first kappa shape index (κ1) is 13.8. The highest BCUT2D eigenvalue weighted by molar-refractivity contribution is 5.90. The lowest BCUT2D eigenvalue weighted by Gasteiger charge is -2.14. The maximum atomic E-state index is 5.65. The first-order chi connectivity index (χ1) is 10.4. The van der Waals surface area contributed by atoms with E-state index in [9.17, 15) is 0 Å².